The molecule has 3 nitrogen and oxygen atoms in total. The zero-order valence-corrected chi connectivity index (χ0v) is 9.38. The molecule has 0 amide bonds. The summed E-state index contributed by atoms with van der Waals surface area (Å²) in [5.74, 6) is 0.104. The van der Waals surface area contributed by atoms with Crippen molar-refractivity contribution in [2.45, 2.75) is 27.7 Å². The van der Waals surface area contributed by atoms with Crippen LogP contribution in [0.4, 0.5) is 0 Å². The van der Waals surface area contributed by atoms with E-state index >= 15 is 0 Å². The molecule has 0 aliphatic rings. The van der Waals surface area contributed by atoms with E-state index in [1.165, 1.54) is 0 Å². The van der Waals surface area contributed by atoms with Gasteiger partial charge in [-0.1, -0.05) is 0 Å². The molecule has 0 N–H and O–H groups in total. The number of hydrogen-bond acceptors (Lipinski definition) is 2. The van der Waals surface area contributed by atoms with Crippen molar-refractivity contribution < 1.29 is 4.79 Å². The van der Waals surface area contributed by atoms with E-state index in [0.717, 1.165) is 22.5 Å². The third-order valence-electron chi connectivity index (χ3n) is 2.48. The Labute approximate surface area is 84.4 Å². The number of carbonyl (C=O) groups is 1. The number of carbonyl (C=O) groups excluding carboxylic acids is 1. The van der Waals surface area contributed by atoms with Crippen molar-refractivity contribution in [2.75, 3.05) is 0 Å². The van der Waals surface area contributed by atoms with Gasteiger partial charge in [0.25, 0.3) is 0 Å². The molecule has 0 saturated carbocycles. The van der Waals surface area contributed by atoms with Crippen molar-refractivity contribution in [1.82, 2.24) is 9.78 Å². The number of aryl methyl sites for hydroxylation is 2. The lowest BCUT2D eigenvalue weighted by Crippen LogP contribution is -1.94. The summed E-state index contributed by atoms with van der Waals surface area (Å²) in [6.45, 7) is 7.35. The van der Waals surface area contributed by atoms with Crippen molar-refractivity contribution in [3.05, 3.63) is 22.5 Å². The number of Topliss-reactive ketones (excluding diaryl/α,β-unsaturated/α-hetero) is 1. The Hall–Kier alpha value is -1.38. The standard InChI is InChI=1S/C11H16N2O/c1-7(10(4)14)6-11-8(2)12-13(5)9(11)3/h6H,1-5H3/b7-6+. The van der Waals surface area contributed by atoms with Crippen LogP contribution in [0.2, 0.25) is 0 Å². The molecule has 1 aromatic rings. The largest absolute Gasteiger partial charge is 0.295 e. The van der Waals surface area contributed by atoms with Crippen LogP contribution in [0, 0.1) is 13.8 Å². The van der Waals surface area contributed by atoms with Gasteiger partial charge in [0.2, 0.25) is 0 Å². The maximum Gasteiger partial charge on any atom is 0.155 e. The summed E-state index contributed by atoms with van der Waals surface area (Å²) in [5.41, 5.74) is 3.87. The molecule has 1 heterocycles. The van der Waals surface area contributed by atoms with Crippen molar-refractivity contribution >= 4 is 11.9 Å². The zero-order chi connectivity index (χ0) is 10.9. The van der Waals surface area contributed by atoms with Crippen molar-refractivity contribution in [3.8, 4) is 0 Å². The highest BCUT2D eigenvalue weighted by Crippen LogP contribution is 2.16. The Morgan fingerprint density at radius 3 is 2.29 bits per heavy atom. The molecule has 0 unspecified atom stereocenters. The molecule has 0 saturated heterocycles. The summed E-state index contributed by atoms with van der Waals surface area (Å²) in [4.78, 5) is 11.1. The predicted octanol–water partition coefficient (Wildman–Crippen LogP) is 2.03. The highest BCUT2D eigenvalue weighted by molar-refractivity contribution is 5.97. The number of hydrogen-bond donors (Lipinski definition) is 0. The van der Waals surface area contributed by atoms with Crippen LogP contribution in [0.1, 0.15) is 30.8 Å². The second kappa shape index (κ2) is 3.78. The summed E-state index contributed by atoms with van der Waals surface area (Å²) in [6.07, 6.45) is 1.90. The van der Waals surface area contributed by atoms with E-state index in [1.807, 2.05) is 38.6 Å². The second-order valence-corrected chi connectivity index (χ2v) is 3.59. The van der Waals surface area contributed by atoms with Crippen LogP contribution < -0.4 is 0 Å². The van der Waals surface area contributed by atoms with E-state index in [2.05, 4.69) is 5.10 Å². The minimum absolute atomic E-state index is 0.104. The van der Waals surface area contributed by atoms with E-state index in [1.54, 1.807) is 6.92 Å². The van der Waals surface area contributed by atoms with Gasteiger partial charge < -0.3 is 0 Å². The Bertz CT molecular complexity index is 400. The molecule has 76 valence electrons. The average molecular weight is 192 g/mol. The first kappa shape index (κ1) is 10.7. The van der Waals surface area contributed by atoms with E-state index < -0.39 is 0 Å². The fourth-order valence-electron chi connectivity index (χ4n) is 1.32. The SMILES string of the molecule is CC(=O)/C(C)=C/c1c(C)nn(C)c1C. The van der Waals surface area contributed by atoms with Gasteiger partial charge in [0.15, 0.2) is 5.78 Å². The molecule has 14 heavy (non-hydrogen) atoms. The normalized spacial score (nSPS) is 11.9. The number of allylic oxidation sites excluding steroid dienone is 1. The number of aromatic nitrogens is 2. The van der Waals surface area contributed by atoms with Crippen molar-refractivity contribution in [1.29, 1.82) is 0 Å². The lowest BCUT2D eigenvalue weighted by molar-refractivity contribution is -0.113. The summed E-state index contributed by atoms with van der Waals surface area (Å²) in [5, 5.41) is 4.28. The van der Waals surface area contributed by atoms with E-state index in [4.69, 9.17) is 0 Å². The number of rotatable bonds is 2. The van der Waals surface area contributed by atoms with Gasteiger partial charge in [0.1, 0.15) is 0 Å². The van der Waals surface area contributed by atoms with Gasteiger partial charge in [-0.05, 0) is 39.3 Å². The summed E-state index contributed by atoms with van der Waals surface area (Å²) in [6, 6.07) is 0. The molecule has 0 fully saturated rings. The Morgan fingerprint density at radius 2 is 1.93 bits per heavy atom. The van der Waals surface area contributed by atoms with Crippen LogP contribution in [0.5, 0.6) is 0 Å². The third kappa shape index (κ3) is 1.92. The molecule has 0 aliphatic carbocycles. The van der Waals surface area contributed by atoms with Gasteiger partial charge in [0.05, 0.1) is 5.69 Å². The fourth-order valence-corrected chi connectivity index (χ4v) is 1.32. The Morgan fingerprint density at radius 1 is 1.36 bits per heavy atom. The van der Waals surface area contributed by atoms with Gasteiger partial charge in [-0.25, -0.2) is 0 Å². The molecular formula is C11H16N2O. The van der Waals surface area contributed by atoms with Crippen LogP contribution in [-0.2, 0) is 11.8 Å². The molecule has 0 aromatic carbocycles. The minimum atomic E-state index is 0.104. The molecule has 0 bridgehead atoms. The van der Waals surface area contributed by atoms with Crippen molar-refractivity contribution in [2.24, 2.45) is 7.05 Å². The van der Waals surface area contributed by atoms with Gasteiger partial charge in [-0.15, -0.1) is 0 Å². The van der Waals surface area contributed by atoms with Crippen LogP contribution in [0.25, 0.3) is 6.08 Å². The van der Waals surface area contributed by atoms with Gasteiger partial charge in [-0.3, -0.25) is 9.48 Å². The number of ketones is 1. The van der Waals surface area contributed by atoms with Crippen LogP contribution >= 0.6 is 0 Å². The first-order valence-corrected chi connectivity index (χ1v) is 4.63. The minimum Gasteiger partial charge on any atom is -0.295 e. The van der Waals surface area contributed by atoms with Gasteiger partial charge >= 0.3 is 0 Å². The monoisotopic (exact) mass is 192 g/mol. The molecule has 1 rings (SSSR count). The van der Waals surface area contributed by atoms with Crippen LogP contribution in [-0.4, -0.2) is 15.6 Å². The Kier molecular flexibility index (Phi) is 2.89. The molecule has 0 spiro atoms. The highest BCUT2D eigenvalue weighted by atomic mass is 16.1. The second-order valence-electron chi connectivity index (χ2n) is 3.59. The van der Waals surface area contributed by atoms with E-state index in [9.17, 15) is 4.79 Å². The van der Waals surface area contributed by atoms with Crippen LogP contribution in [0.15, 0.2) is 5.57 Å². The van der Waals surface area contributed by atoms with Gasteiger partial charge in [-0.2, -0.15) is 5.10 Å². The molecule has 0 aliphatic heterocycles. The zero-order valence-electron chi connectivity index (χ0n) is 9.38. The van der Waals surface area contributed by atoms with E-state index in [-0.39, 0.29) is 5.78 Å². The van der Waals surface area contributed by atoms with E-state index in [0.29, 0.717) is 0 Å². The summed E-state index contributed by atoms with van der Waals surface area (Å²) >= 11 is 0. The van der Waals surface area contributed by atoms with Crippen molar-refractivity contribution in [3.63, 3.8) is 0 Å². The topological polar surface area (TPSA) is 34.9 Å². The average Bonchev–Trinajstić information content (AvgIpc) is 2.32. The molecule has 0 atom stereocenters. The predicted molar refractivity (Wildman–Crippen MR) is 57.0 cm³/mol. The maximum absolute atomic E-state index is 11.1. The fraction of sp³-hybridized carbons (Fsp3) is 0.455. The van der Waals surface area contributed by atoms with Crippen LogP contribution in [0.3, 0.4) is 0 Å². The maximum atomic E-state index is 11.1. The summed E-state index contributed by atoms with van der Waals surface area (Å²) in [7, 11) is 1.91. The third-order valence-corrected chi connectivity index (χ3v) is 2.48. The Balaban J connectivity index is 3.20. The first-order valence-electron chi connectivity index (χ1n) is 4.63. The molecular weight excluding hydrogens is 176 g/mol. The quantitative estimate of drug-likeness (QED) is 0.672. The lowest BCUT2D eigenvalue weighted by atomic mass is 10.1. The molecule has 1 aromatic heterocycles. The first-order chi connectivity index (χ1) is 6.43. The van der Waals surface area contributed by atoms with Gasteiger partial charge in [0, 0.05) is 18.3 Å². The smallest absolute Gasteiger partial charge is 0.155 e. The molecule has 3 heteroatoms. The lowest BCUT2D eigenvalue weighted by Gasteiger charge is -1.97. The number of nitrogens with zero attached hydrogens (tertiary/aromatic N) is 2. The molecule has 0 radical (unpaired) electrons. The summed E-state index contributed by atoms with van der Waals surface area (Å²) < 4.78 is 1.83. The highest BCUT2D eigenvalue weighted by Gasteiger charge is 2.07.